The van der Waals surface area contributed by atoms with Crippen molar-refractivity contribution in [3.63, 3.8) is 0 Å². The number of likely N-dealkylation sites (tertiary alicyclic amines) is 1. The van der Waals surface area contributed by atoms with Crippen molar-refractivity contribution in [3.8, 4) is 0 Å². The molecule has 17 heavy (non-hydrogen) atoms. The summed E-state index contributed by atoms with van der Waals surface area (Å²) >= 11 is 0. The molecule has 1 aliphatic heterocycles. The third kappa shape index (κ3) is 3.00. The van der Waals surface area contributed by atoms with E-state index in [0.717, 1.165) is 6.07 Å². The van der Waals surface area contributed by atoms with E-state index in [1.165, 1.54) is 12.1 Å². The fourth-order valence-electron chi connectivity index (χ4n) is 2.14. The van der Waals surface area contributed by atoms with Crippen LogP contribution in [0.1, 0.15) is 12.0 Å². The zero-order valence-corrected chi connectivity index (χ0v) is 9.20. The number of aliphatic carboxylic acids is 1. The third-order valence-corrected chi connectivity index (χ3v) is 2.95. The molecule has 1 atom stereocenters. The molecule has 0 unspecified atom stereocenters. The first-order chi connectivity index (χ1) is 8.04. The maximum absolute atomic E-state index is 13.0. The van der Waals surface area contributed by atoms with Gasteiger partial charge in [-0.05, 0) is 30.7 Å². The molecule has 1 heterocycles. The minimum absolute atomic E-state index is 0.367. The van der Waals surface area contributed by atoms with Gasteiger partial charge in [-0.1, -0.05) is 0 Å². The zero-order chi connectivity index (χ0) is 12.4. The van der Waals surface area contributed by atoms with Gasteiger partial charge >= 0.3 is 5.97 Å². The monoisotopic (exact) mass is 241 g/mol. The van der Waals surface area contributed by atoms with Gasteiger partial charge in [0.25, 0.3) is 0 Å². The second kappa shape index (κ2) is 4.79. The highest BCUT2D eigenvalue weighted by atomic mass is 19.1. The largest absolute Gasteiger partial charge is 0.481 e. The van der Waals surface area contributed by atoms with Crippen molar-refractivity contribution in [2.24, 2.45) is 5.92 Å². The molecular formula is C12H13F2NO2. The number of hydrogen-bond acceptors (Lipinski definition) is 2. The van der Waals surface area contributed by atoms with Gasteiger partial charge in [0.2, 0.25) is 0 Å². The summed E-state index contributed by atoms with van der Waals surface area (Å²) in [4.78, 5) is 12.7. The van der Waals surface area contributed by atoms with Crippen LogP contribution in [0.4, 0.5) is 8.78 Å². The molecule has 0 amide bonds. The third-order valence-electron chi connectivity index (χ3n) is 2.95. The lowest BCUT2D eigenvalue weighted by molar-refractivity contribution is -0.141. The summed E-state index contributed by atoms with van der Waals surface area (Å²) < 4.78 is 25.9. The molecule has 1 saturated heterocycles. The van der Waals surface area contributed by atoms with E-state index in [4.69, 9.17) is 5.11 Å². The zero-order valence-electron chi connectivity index (χ0n) is 9.20. The van der Waals surface area contributed by atoms with Gasteiger partial charge in [0.1, 0.15) is 11.6 Å². The van der Waals surface area contributed by atoms with Gasteiger partial charge < -0.3 is 5.11 Å². The highest BCUT2D eigenvalue weighted by molar-refractivity contribution is 5.70. The normalized spacial score (nSPS) is 20.7. The lowest BCUT2D eigenvalue weighted by Gasteiger charge is -2.15. The Balaban J connectivity index is 2.00. The van der Waals surface area contributed by atoms with Gasteiger partial charge in [-0.15, -0.1) is 0 Å². The van der Waals surface area contributed by atoms with Crippen molar-refractivity contribution in [2.75, 3.05) is 13.1 Å². The number of rotatable bonds is 3. The molecule has 0 spiro atoms. The van der Waals surface area contributed by atoms with Crippen LogP contribution in [-0.4, -0.2) is 29.1 Å². The lowest BCUT2D eigenvalue weighted by Crippen LogP contribution is -2.22. The maximum Gasteiger partial charge on any atom is 0.307 e. The van der Waals surface area contributed by atoms with Crippen molar-refractivity contribution in [2.45, 2.75) is 13.0 Å². The highest BCUT2D eigenvalue weighted by Crippen LogP contribution is 2.19. The van der Waals surface area contributed by atoms with Gasteiger partial charge in [0.05, 0.1) is 5.92 Å². The van der Waals surface area contributed by atoms with E-state index in [2.05, 4.69) is 0 Å². The van der Waals surface area contributed by atoms with Crippen molar-refractivity contribution < 1.29 is 18.7 Å². The smallest absolute Gasteiger partial charge is 0.307 e. The number of nitrogens with zero attached hydrogens (tertiary/aromatic N) is 1. The predicted octanol–water partition coefficient (Wildman–Crippen LogP) is 1.87. The molecule has 1 aromatic carbocycles. The van der Waals surface area contributed by atoms with Crippen LogP contribution in [-0.2, 0) is 11.3 Å². The minimum atomic E-state index is -0.807. The van der Waals surface area contributed by atoms with Gasteiger partial charge in [0.15, 0.2) is 0 Å². The Kier molecular flexibility index (Phi) is 3.38. The average Bonchev–Trinajstić information content (AvgIpc) is 2.64. The molecule has 1 N–H and O–H groups in total. The lowest BCUT2D eigenvalue weighted by atomic mass is 10.1. The van der Waals surface area contributed by atoms with Crippen LogP contribution in [0.5, 0.6) is 0 Å². The standard InChI is InChI=1S/C12H13F2NO2/c13-10-3-8(4-11(14)5-10)6-15-2-1-9(7-15)12(16)17/h3-5,9H,1-2,6-7H2,(H,16,17)/t9-/m0/s1. The number of hydrogen-bond donors (Lipinski definition) is 1. The van der Waals surface area contributed by atoms with E-state index in [9.17, 15) is 13.6 Å². The summed E-state index contributed by atoms with van der Waals surface area (Å²) in [5.74, 6) is -2.38. The van der Waals surface area contributed by atoms with Crippen molar-refractivity contribution >= 4 is 5.97 Å². The molecule has 92 valence electrons. The summed E-state index contributed by atoms with van der Waals surface area (Å²) in [5.41, 5.74) is 0.536. The summed E-state index contributed by atoms with van der Waals surface area (Å²) in [6.45, 7) is 1.47. The molecule has 0 bridgehead atoms. The van der Waals surface area contributed by atoms with Crippen molar-refractivity contribution in [3.05, 3.63) is 35.4 Å². The topological polar surface area (TPSA) is 40.5 Å². The van der Waals surface area contributed by atoms with E-state index in [1.807, 2.05) is 4.90 Å². The molecule has 1 fully saturated rings. The Bertz CT molecular complexity index is 416. The van der Waals surface area contributed by atoms with Gasteiger partial charge in [-0.2, -0.15) is 0 Å². The Hall–Kier alpha value is -1.49. The molecule has 0 radical (unpaired) electrons. The minimum Gasteiger partial charge on any atom is -0.481 e. The summed E-state index contributed by atoms with van der Waals surface area (Å²) in [5, 5.41) is 8.84. The molecule has 0 aliphatic carbocycles. The van der Waals surface area contributed by atoms with Crippen molar-refractivity contribution in [1.82, 2.24) is 4.90 Å². The number of carbonyl (C=O) groups is 1. The van der Waals surface area contributed by atoms with Gasteiger partial charge in [-0.3, -0.25) is 9.69 Å². The SMILES string of the molecule is O=C(O)[C@H]1CCN(Cc2cc(F)cc(F)c2)C1. The van der Waals surface area contributed by atoms with E-state index in [0.29, 0.717) is 31.6 Å². The first-order valence-electron chi connectivity index (χ1n) is 5.45. The Morgan fingerprint density at radius 2 is 2.00 bits per heavy atom. The highest BCUT2D eigenvalue weighted by Gasteiger charge is 2.27. The van der Waals surface area contributed by atoms with Crippen LogP contribution in [0.15, 0.2) is 18.2 Å². The second-order valence-corrected chi connectivity index (χ2v) is 4.34. The first-order valence-corrected chi connectivity index (χ1v) is 5.45. The number of carboxylic acids is 1. The Labute approximate surface area is 97.7 Å². The molecule has 0 saturated carbocycles. The second-order valence-electron chi connectivity index (χ2n) is 4.34. The Morgan fingerprint density at radius 1 is 1.35 bits per heavy atom. The fourth-order valence-corrected chi connectivity index (χ4v) is 2.14. The van der Waals surface area contributed by atoms with Crippen LogP contribution < -0.4 is 0 Å². The first kappa shape index (κ1) is 12.0. The van der Waals surface area contributed by atoms with E-state index in [1.54, 1.807) is 0 Å². The van der Waals surface area contributed by atoms with Crippen LogP contribution >= 0.6 is 0 Å². The summed E-state index contributed by atoms with van der Waals surface area (Å²) in [7, 11) is 0. The molecule has 0 aromatic heterocycles. The number of halogens is 2. The van der Waals surface area contributed by atoms with Gasteiger partial charge in [0, 0.05) is 19.2 Å². The van der Waals surface area contributed by atoms with Crippen LogP contribution in [0, 0.1) is 17.6 Å². The van der Waals surface area contributed by atoms with E-state index in [-0.39, 0.29) is 5.92 Å². The molecule has 1 aromatic rings. The summed E-state index contributed by atoms with van der Waals surface area (Å²) in [6.07, 6.45) is 0.590. The van der Waals surface area contributed by atoms with E-state index < -0.39 is 17.6 Å². The average molecular weight is 241 g/mol. The molecule has 5 heteroatoms. The fraction of sp³-hybridized carbons (Fsp3) is 0.417. The van der Waals surface area contributed by atoms with E-state index >= 15 is 0 Å². The summed E-state index contributed by atoms with van der Waals surface area (Å²) in [6, 6.07) is 3.38. The molecule has 1 aliphatic rings. The van der Waals surface area contributed by atoms with Crippen LogP contribution in [0.25, 0.3) is 0 Å². The number of carboxylic acid groups (broad SMARTS) is 1. The number of benzene rings is 1. The molecule has 3 nitrogen and oxygen atoms in total. The van der Waals surface area contributed by atoms with Crippen molar-refractivity contribution in [1.29, 1.82) is 0 Å². The Morgan fingerprint density at radius 3 is 2.53 bits per heavy atom. The van der Waals surface area contributed by atoms with Crippen LogP contribution in [0.3, 0.4) is 0 Å². The predicted molar refractivity (Wildman–Crippen MR) is 57.4 cm³/mol. The quantitative estimate of drug-likeness (QED) is 0.878. The maximum atomic E-state index is 13.0. The molecular weight excluding hydrogens is 228 g/mol. The van der Waals surface area contributed by atoms with Gasteiger partial charge in [-0.25, -0.2) is 8.78 Å². The molecule has 2 rings (SSSR count). The van der Waals surface area contributed by atoms with Crippen LogP contribution in [0.2, 0.25) is 0 Å².